The summed E-state index contributed by atoms with van der Waals surface area (Å²) in [4.78, 5) is 11.0. The third-order valence-corrected chi connectivity index (χ3v) is 2.84. The van der Waals surface area contributed by atoms with Crippen molar-refractivity contribution in [3.8, 4) is 0 Å². The van der Waals surface area contributed by atoms with Gasteiger partial charge in [-0.15, -0.1) is 0 Å². The SMILES string of the molecule is Cc1ccnc(N2CC=Nc3ccccc32)c1. The maximum Gasteiger partial charge on any atom is 0.133 e. The van der Waals surface area contributed by atoms with Crippen LogP contribution in [0, 0.1) is 6.92 Å². The van der Waals surface area contributed by atoms with E-state index in [4.69, 9.17) is 0 Å². The van der Waals surface area contributed by atoms with Gasteiger partial charge in [-0.2, -0.15) is 0 Å². The molecule has 0 unspecified atom stereocenters. The molecule has 1 aromatic heterocycles. The van der Waals surface area contributed by atoms with Crippen LogP contribution in [-0.4, -0.2) is 17.7 Å². The maximum atomic E-state index is 4.43. The minimum absolute atomic E-state index is 0.771. The van der Waals surface area contributed by atoms with E-state index < -0.39 is 0 Å². The van der Waals surface area contributed by atoms with Gasteiger partial charge in [-0.3, -0.25) is 4.99 Å². The summed E-state index contributed by atoms with van der Waals surface area (Å²) in [6.07, 6.45) is 3.77. The summed E-state index contributed by atoms with van der Waals surface area (Å²) in [6, 6.07) is 12.2. The molecule has 0 radical (unpaired) electrons. The van der Waals surface area contributed by atoms with E-state index in [2.05, 4.69) is 33.9 Å². The number of para-hydroxylation sites is 2. The zero-order chi connectivity index (χ0) is 11.7. The lowest BCUT2D eigenvalue weighted by atomic mass is 10.2. The maximum absolute atomic E-state index is 4.43. The predicted octanol–water partition coefficient (Wildman–Crippen LogP) is 3.24. The molecule has 0 spiro atoms. The average Bonchev–Trinajstić information content (AvgIpc) is 2.38. The highest BCUT2D eigenvalue weighted by atomic mass is 15.2. The number of aromatic nitrogens is 1. The highest BCUT2D eigenvalue weighted by molar-refractivity contribution is 5.85. The number of anilines is 2. The number of aryl methyl sites for hydroxylation is 1. The van der Waals surface area contributed by atoms with Crippen molar-refractivity contribution < 1.29 is 0 Å². The summed E-state index contributed by atoms with van der Waals surface area (Å²) in [6.45, 7) is 2.85. The Morgan fingerprint density at radius 3 is 2.94 bits per heavy atom. The zero-order valence-electron chi connectivity index (χ0n) is 9.67. The molecular formula is C14H13N3. The van der Waals surface area contributed by atoms with Crippen LogP contribution < -0.4 is 4.90 Å². The first-order valence-electron chi connectivity index (χ1n) is 5.66. The third kappa shape index (κ3) is 1.80. The molecule has 0 bridgehead atoms. The molecule has 84 valence electrons. The van der Waals surface area contributed by atoms with E-state index in [1.54, 1.807) is 0 Å². The van der Waals surface area contributed by atoms with Crippen molar-refractivity contribution >= 4 is 23.4 Å². The molecule has 2 heterocycles. The quantitative estimate of drug-likeness (QED) is 0.742. The summed E-state index contributed by atoms with van der Waals surface area (Å²) < 4.78 is 0. The van der Waals surface area contributed by atoms with Gasteiger partial charge in [0.15, 0.2) is 0 Å². The Balaban J connectivity index is 2.09. The fourth-order valence-corrected chi connectivity index (χ4v) is 2.01. The largest absolute Gasteiger partial charge is 0.319 e. The van der Waals surface area contributed by atoms with Gasteiger partial charge in [0.2, 0.25) is 0 Å². The van der Waals surface area contributed by atoms with E-state index in [9.17, 15) is 0 Å². The fourth-order valence-electron chi connectivity index (χ4n) is 2.01. The van der Waals surface area contributed by atoms with E-state index in [1.165, 1.54) is 5.56 Å². The Morgan fingerprint density at radius 2 is 2.06 bits per heavy atom. The molecule has 0 atom stereocenters. The molecule has 0 saturated carbocycles. The molecular weight excluding hydrogens is 210 g/mol. The van der Waals surface area contributed by atoms with Crippen molar-refractivity contribution in [3.05, 3.63) is 48.2 Å². The minimum atomic E-state index is 0.771. The Morgan fingerprint density at radius 1 is 1.18 bits per heavy atom. The highest BCUT2D eigenvalue weighted by Crippen LogP contribution is 2.34. The number of hydrogen-bond donors (Lipinski definition) is 0. The van der Waals surface area contributed by atoms with Crippen molar-refractivity contribution in [1.82, 2.24) is 4.98 Å². The van der Waals surface area contributed by atoms with Crippen molar-refractivity contribution in [2.24, 2.45) is 4.99 Å². The van der Waals surface area contributed by atoms with Gasteiger partial charge < -0.3 is 4.90 Å². The number of aliphatic imine (C=N–C) groups is 1. The van der Waals surface area contributed by atoms with Crippen LogP contribution in [0.25, 0.3) is 0 Å². The highest BCUT2D eigenvalue weighted by Gasteiger charge is 2.15. The number of rotatable bonds is 1. The molecule has 2 aromatic rings. The Kier molecular flexibility index (Phi) is 2.37. The normalized spacial score (nSPS) is 13.6. The second-order valence-electron chi connectivity index (χ2n) is 4.10. The zero-order valence-corrected chi connectivity index (χ0v) is 9.67. The second kappa shape index (κ2) is 4.01. The Labute approximate surface area is 100 Å². The molecule has 0 fully saturated rings. The van der Waals surface area contributed by atoms with Crippen LogP contribution in [-0.2, 0) is 0 Å². The van der Waals surface area contributed by atoms with Crippen LogP contribution >= 0.6 is 0 Å². The molecule has 0 N–H and O–H groups in total. The van der Waals surface area contributed by atoms with Crippen LogP contribution in [0.15, 0.2) is 47.6 Å². The molecule has 0 aliphatic carbocycles. The lowest BCUT2D eigenvalue weighted by Gasteiger charge is -2.26. The smallest absolute Gasteiger partial charge is 0.133 e. The van der Waals surface area contributed by atoms with Gasteiger partial charge in [-0.05, 0) is 36.8 Å². The van der Waals surface area contributed by atoms with E-state index in [1.807, 2.05) is 36.7 Å². The van der Waals surface area contributed by atoms with Crippen molar-refractivity contribution in [2.75, 3.05) is 11.4 Å². The number of nitrogens with zero attached hydrogens (tertiary/aromatic N) is 3. The van der Waals surface area contributed by atoms with Gasteiger partial charge in [-0.1, -0.05) is 12.1 Å². The van der Waals surface area contributed by atoms with Crippen LogP contribution in [0.1, 0.15) is 5.56 Å². The van der Waals surface area contributed by atoms with Crippen LogP contribution in [0.5, 0.6) is 0 Å². The molecule has 17 heavy (non-hydrogen) atoms. The topological polar surface area (TPSA) is 28.5 Å². The Bertz CT molecular complexity index is 575. The summed E-state index contributed by atoms with van der Waals surface area (Å²) in [5, 5.41) is 0. The molecule has 1 aliphatic rings. The summed E-state index contributed by atoms with van der Waals surface area (Å²) in [5.41, 5.74) is 3.34. The van der Waals surface area contributed by atoms with Crippen molar-refractivity contribution in [2.45, 2.75) is 6.92 Å². The molecule has 0 amide bonds. The first kappa shape index (κ1) is 10.0. The third-order valence-electron chi connectivity index (χ3n) is 2.84. The molecule has 3 rings (SSSR count). The van der Waals surface area contributed by atoms with Crippen molar-refractivity contribution in [3.63, 3.8) is 0 Å². The van der Waals surface area contributed by atoms with E-state index in [0.29, 0.717) is 0 Å². The average molecular weight is 223 g/mol. The summed E-state index contributed by atoms with van der Waals surface area (Å²) >= 11 is 0. The van der Waals surface area contributed by atoms with Gasteiger partial charge in [0.05, 0.1) is 17.9 Å². The van der Waals surface area contributed by atoms with Crippen molar-refractivity contribution in [1.29, 1.82) is 0 Å². The molecule has 3 heteroatoms. The fraction of sp³-hybridized carbons (Fsp3) is 0.143. The van der Waals surface area contributed by atoms with E-state index in [-0.39, 0.29) is 0 Å². The predicted molar refractivity (Wildman–Crippen MR) is 70.6 cm³/mol. The van der Waals surface area contributed by atoms with Crippen LogP contribution in [0.4, 0.5) is 17.2 Å². The van der Waals surface area contributed by atoms with Gasteiger partial charge in [0.1, 0.15) is 5.82 Å². The number of benzene rings is 1. The first-order valence-corrected chi connectivity index (χ1v) is 5.66. The first-order chi connectivity index (χ1) is 8.34. The summed E-state index contributed by atoms with van der Waals surface area (Å²) in [5.74, 6) is 0.976. The number of hydrogen-bond acceptors (Lipinski definition) is 3. The summed E-state index contributed by atoms with van der Waals surface area (Å²) in [7, 11) is 0. The van der Waals surface area contributed by atoms with E-state index in [0.717, 1.165) is 23.7 Å². The standard InChI is InChI=1S/C14H13N3/c1-11-6-7-16-14(10-11)17-9-8-15-12-4-2-3-5-13(12)17/h2-8,10H,9H2,1H3. The molecule has 1 aliphatic heterocycles. The van der Waals surface area contributed by atoms with E-state index >= 15 is 0 Å². The molecule has 0 saturated heterocycles. The van der Waals surface area contributed by atoms with Gasteiger partial charge in [-0.25, -0.2) is 4.98 Å². The number of pyridine rings is 1. The molecule has 3 nitrogen and oxygen atoms in total. The number of fused-ring (bicyclic) bond motifs is 1. The lowest BCUT2D eigenvalue weighted by Crippen LogP contribution is -2.22. The van der Waals surface area contributed by atoms with Gasteiger partial charge in [0.25, 0.3) is 0 Å². The monoisotopic (exact) mass is 223 g/mol. The lowest BCUT2D eigenvalue weighted by molar-refractivity contribution is 1.06. The minimum Gasteiger partial charge on any atom is -0.319 e. The Hall–Kier alpha value is -2.16. The second-order valence-corrected chi connectivity index (χ2v) is 4.10. The molecule has 1 aromatic carbocycles. The van der Waals surface area contributed by atoms with Crippen LogP contribution in [0.3, 0.4) is 0 Å². The van der Waals surface area contributed by atoms with Crippen LogP contribution in [0.2, 0.25) is 0 Å². The van der Waals surface area contributed by atoms with Gasteiger partial charge >= 0.3 is 0 Å². The van der Waals surface area contributed by atoms with Gasteiger partial charge in [0, 0.05) is 12.4 Å².